The number of ether oxygens (including phenoxy) is 9. The van der Waals surface area contributed by atoms with Gasteiger partial charge in [0.15, 0.2) is 0 Å². The summed E-state index contributed by atoms with van der Waals surface area (Å²) in [7, 11) is 0. The van der Waals surface area contributed by atoms with Crippen molar-refractivity contribution in [2.45, 2.75) is 231 Å². The molecule has 0 spiro atoms. The molecule has 0 saturated carbocycles. The lowest BCUT2D eigenvalue weighted by atomic mass is 10.0. The molecule has 0 heterocycles. The van der Waals surface area contributed by atoms with E-state index in [9.17, 15) is 141 Å². The summed E-state index contributed by atoms with van der Waals surface area (Å²) in [5, 5.41) is 287. The molecule has 0 aliphatic carbocycles. The first-order valence-corrected chi connectivity index (χ1v) is 45.3. The quantitative estimate of drug-likeness (QED) is 0.0199. The van der Waals surface area contributed by atoms with Gasteiger partial charge in [0.25, 0.3) is 0 Å². The molecule has 7 amide bonds. The third kappa shape index (κ3) is 68.1. The highest BCUT2D eigenvalue weighted by Crippen LogP contribution is 2.16. The van der Waals surface area contributed by atoms with Crippen LogP contribution in [0.25, 0.3) is 0 Å². The largest absolute Gasteiger partial charge is 0.447 e. The lowest BCUT2D eigenvalue weighted by Crippen LogP contribution is -2.54. The van der Waals surface area contributed by atoms with Crippen molar-refractivity contribution in [3.63, 3.8) is 0 Å². The molecule has 0 aliphatic rings. The van der Waals surface area contributed by atoms with Gasteiger partial charge in [0, 0.05) is 97.7 Å². The van der Waals surface area contributed by atoms with Gasteiger partial charge in [0.2, 0.25) is 23.6 Å². The molecule has 0 fully saturated rings. The van der Waals surface area contributed by atoms with Gasteiger partial charge in [-0.15, -0.1) is 0 Å². The molecule has 0 aromatic heterocycles. The van der Waals surface area contributed by atoms with Crippen molar-refractivity contribution < 1.29 is 214 Å². The van der Waals surface area contributed by atoms with Crippen LogP contribution in [0.2, 0.25) is 0 Å². The van der Waals surface area contributed by atoms with Crippen molar-refractivity contribution in [1.82, 2.24) is 51.9 Å². The molecule has 135 heavy (non-hydrogen) atoms. The summed E-state index contributed by atoms with van der Waals surface area (Å²) in [6.07, 6.45) is -30.7. The number of carbonyl (C=O) groups is 7. The fourth-order valence-electron chi connectivity index (χ4n) is 12.5. The number of aliphatic hydroxyl groups excluding tert-OH is 27. The number of nitrogens with zero attached hydrogens (tertiary/aromatic N) is 3. The Morgan fingerprint density at radius 1 is 0.281 bits per heavy atom. The van der Waals surface area contributed by atoms with Crippen LogP contribution in [0.5, 0.6) is 0 Å². The van der Waals surface area contributed by atoms with Gasteiger partial charge in [-0.3, -0.25) is 29.0 Å². The Labute approximate surface area is 784 Å². The number of rotatable bonds is 88. The molecule has 0 rings (SSSR count). The van der Waals surface area contributed by atoms with Gasteiger partial charge in [-0.1, -0.05) is 6.92 Å². The predicted molar refractivity (Wildman–Crippen MR) is 469 cm³/mol. The van der Waals surface area contributed by atoms with E-state index >= 15 is 0 Å². The van der Waals surface area contributed by atoms with E-state index in [1.807, 2.05) is 4.90 Å². The van der Waals surface area contributed by atoms with Crippen LogP contribution in [0.15, 0.2) is 0 Å². The van der Waals surface area contributed by atoms with Gasteiger partial charge in [-0.2, -0.15) is 0 Å². The number of aliphatic hydroxyl groups is 27. The van der Waals surface area contributed by atoms with E-state index in [1.54, 1.807) is 6.92 Å². The third-order valence-corrected chi connectivity index (χ3v) is 19.9. The van der Waals surface area contributed by atoms with Crippen molar-refractivity contribution in [2.24, 2.45) is 11.7 Å². The van der Waals surface area contributed by atoms with Crippen LogP contribution < -0.4 is 43.0 Å². The predicted octanol–water partition coefficient (Wildman–Crippen LogP) is -16.4. The maximum absolute atomic E-state index is 13.6. The Hall–Kier alpha value is -5.79. The Kier molecular flexibility index (Phi) is 76.4. The zero-order chi connectivity index (χ0) is 102. The summed E-state index contributed by atoms with van der Waals surface area (Å²) < 4.78 is 47.5. The average molecular weight is 1980 g/mol. The highest BCUT2D eigenvalue weighted by atomic mass is 16.6. The van der Waals surface area contributed by atoms with Crippen LogP contribution >= 0.6 is 0 Å². The molecule has 54 heteroatoms. The van der Waals surface area contributed by atoms with E-state index in [0.29, 0.717) is 64.5 Å². The smallest absolute Gasteiger partial charge is 0.407 e. The fourth-order valence-corrected chi connectivity index (χ4v) is 12.5. The van der Waals surface area contributed by atoms with Crippen LogP contribution in [0.3, 0.4) is 0 Å². The van der Waals surface area contributed by atoms with Crippen molar-refractivity contribution in [3.8, 4) is 0 Å². The van der Waals surface area contributed by atoms with Crippen molar-refractivity contribution in [1.29, 1.82) is 0 Å². The van der Waals surface area contributed by atoms with Crippen LogP contribution in [-0.2, 0) is 61.8 Å². The number of nitrogens with one attached hydrogen (secondary N) is 7. The van der Waals surface area contributed by atoms with Gasteiger partial charge in [-0.25, -0.2) is 14.4 Å². The summed E-state index contributed by atoms with van der Waals surface area (Å²) in [6.45, 7) is -8.38. The Morgan fingerprint density at radius 2 is 0.578 bits per heavy atom. The minimum Gasteiger partial charge on any atom is -0.447 e. The molecule has 0 saturated heterocycles. The molecule has 0 bridgehead atoms. The van der Waals surface area contributed by atoms with Gasteiger partial charge < -0.3 is 228 Å². The molecule has 0 aliphatic heterocycles. The number of unbranched alkanes of at least 4 members (excludes halogenated alkanes) is 3. The first-order chi connectivity index (χ1) is 64.1. The number of amides is 7. The monoisotopic (exact) mass is 1980 g/mol. The molecular weight excluding hydrogens is 1810 g/mol. The molecule has 0 radical (unpaired) electrons. The van der Waals surface area contributed by atoms with Gasteiger partial charge in [-0.05, 0) is 90.3 Å². The van der Waals surface area contributed by atoms with E-state index < -0.39 is 294 Å². The topological polar surface area (TPSA) is 869 Å². The Bertz CT molecular complexity index is 2940. The summed E-state index contributed by atoms with van der Waals surface area (Å²) in [5.41, 5.74) is 6.04. The van der Waals surface area contributed by atoms with Gasteiger partial charge >= 0.3 is 18.3 Å². The molecule has 54 nitrogen and oxygen atoms in total. The number of carbonyl (C=O) groups excluding carboxylic acids is 7. The zero-order valence-electron chi connectivity index (χ0n) is 77.0. The van der Waals surface area contributed by atoms with Crippen molar-refractivity contribution in [2.75, 3.05) is 237 Å². The molecule has 36 N–H and O–H groups in total. The number of hydrogen-bond acceptors (Lipinski definition) is 47. The lowest BCUT2D eigenvalue weighted by Gasteiger charge is -2.33. The first-order valence-electron chi connectivity index (χ1n) is 45.3. The van der Waals surface area contributed by atoms with E-state index in [-0.39, 0.29) is 150 Å². The summed E-state index contributed by atoms with van der Waals surface area (Å²) >= 11 is 0. The standard InChI is InChI=1S/C81H161N11O43/c1-51(36-127-38-55(102)26-90(19-5-2-8-52(99)32-95)20-6-3-9-53(100)33-96)37-128-45-60(107)48-133-80(125)87-17-14-84-72(117)25-64(78(123)85-15-18-88-81(126)135-50-62(109)47-132-44-59(106)42-130-40-57(104)28-92(30-67(112)73(118)65(110)11-22-93)31-68(113)74(119)66(111)12-23-94)89-77(122)63(82)24-71(116)83-13-16-86-79(124)134-49-61(108)46-131-43-58(105)41-129-39-56(103)27-91(21-7-4-10-54(101)34-97)29-69(114)75(120)76(121)70(115)35-98/h51-70,73-76,93-115,118-121H,2-50,82H2,1H3,(H,83,116)(H,84,117)(H,85,123)(H,86,124)(H,87,125)(H,88,126)(H,89,122)/t51?,52-,53-,54-,55?,56?,57?,58?,59?,60?,61?,62?,63+,64-,65+,66+,67-,68-,69-,70+,73-,74-,75+,76+/m0/s1. The molecule has 798 valence electrons. The first kappa shape index (κ1) is 129. The SMILES string of the molecule is CC(COCC(O)COC(=O)NCCNC(=O)C[C@H](NC(=O)[C@H](N)CC(=O)NCCNC(=O)OCC(O)COCC(O)COCC(O)CN(CCCC[C@H](O)CO)C[C@H](O)[C@@H](O)[C@H](O)[C@H](O)CO)C(=O)NCCNC(=O)OCC(O)COCC(O)COCC(O)CN(C[C@H](O)[C@@H](O)[C@H](O)CCO)C[C@H](O)[C@@H](O)[C@H](O)CCO)COCC(O)CN(CCCC[C@H](O)CO)CCCC[C@H](O)CO. The van der Waals surface area contributed by atoms with E-state index in [0.717, 1.165) is 0 Å². The number of alkyl carbamates (subject to hydrolysis) is 3. The van der Waals surface area contributed by atoms with E-state index in [2.05, 4.69) is 37.2 Å². The zero-order valence-corrected chi connectivity index (χ0v) is 77.0. The Balaban J connectivity index is 5.56. The Morgan fingerprint density at radius 3 is 0.941 bits per heavy atom. The summed E-state index contributed by atoms with van der Waals surface area (Å²) in [5.74, 6) is -4.04. The second-order valence-electron chi connectivity index (χ2n) is 33.1. The van der Waals surface area contributed by atoms with Crippen molar-refractivity contribution in [3.05, 3.63) is 0 Å². The normalized spacial score (nSPS) is 17.4. The highest BCUT2D eigenvalue weighted by Gasteiger charge is 2.35. The lowest BCUT2D eigenvalue weighted by molar-refractivity contribution is -0.133. The molecule has 0 aromatic carbocycles. The average Bonchev–Trinajstić information content (AvgIpc) is 0.843. The molecule has 24 atom stereocenters. The van der Waals surface area contributed by atoms with Crippen LogP contribution in [0, 0.1) is 5.92 Å². The maximum atomic E-state index is 13.6. The van der Waals surface area contributed by atoms with Crippen LogP contribution in [0.4, 0.5) is 14.4 Å². The van der Waals surface area contributed by atoms with E-state index in [4.69, 9.17) is 79.0 Å². The van der Waals surface area contributed by atoms with Crippen LogP contribution in [0.1, 0.15) is 90.4 Å². The third-order valence-electron chi connectivity index (χ3n) is 19.9. The number of hydrogen-bond donors (Lipinski definition) is 35. The van der Waals surface area contributed by atoms with E-state index in [1.165, 1.54) is 9.80 Å². The van der Waals surface area contributed by atoms with Gasteiger partial charge in [0.1, 0.15) is 86.9 Å². The minimum absolute atomic E-state index is 0.00265. The molecule has 9 unspecified atom stereocenters. The molecular formula is C81H161N11O43. The highest BCUT2D eigenvalue weighted by molar-refractivity contribution is 5.94. The second-order valence-corrected chi connectivity index (χ2v) is 33.1. The fraction of sp³-hybridized carbons (Fsp3) is 0.914. The van der Waals surface area contributed by atoms with Crippen molar-refractivity contribution >= 4 is 41.9 Å². The summed E-state index contributed by atoms with van der Waals surface area (Å²) in [4.78, 5) is 95.4. The van der Waals surface area contributed by atoms with Gasteiger partial charge in [0.05, 0.1) is 192 Å². The number of nitrogens with two attached hydrogens (primary N) is 1. The summed E-state index contributed by atoms with van der Waals surface area (Å²) in [6, 6.07) is -3.39. The van der Waals surface area contributed by atoms with Crippen LogP contribution in [-0.4, -0.2) is 572 Å². The second kappa shape index (κ2) is 79.8. The molecule has 0 aromatic rings. The maximum Gasteiger partial charge on any atom is 0.407 e. The minimum atomic E-state index is -1.90.